The van der Waals surface area contributed by atoms with Gasteiger partial charge in [0, 0.05) is 31.9 Å². The lowest BCUT2D eigenvalue weighted by atomic mass is 9.98. The zero-order valence-electron chi connectivity index (χ0n) is 11.7. The molecule has 3 nitrogen and oxygen atoms in total. The molecule has 4 heteroatoms. The number of benzene rings is 1. The highest BCUT2D eigenvalue weighted by molar-refractivity contribution is 5.30. The normalized spacial score (nSPS) is 12.6. The molecule has 0 bridgehead atoms. The first-order chi connectivity index (χ1) is 9.11. The van der Waals surface area contributed by atoms with Crippen molar-refractivity contribution in [3.63, 3.8) is 0 Å². The number of nitrogens with one attached hydrogen (secondary N) is 1. The van der Waals surface area contributed by atoms with Gasteiger partial charge in [-0.15, -0.1) is 0 Å². The number of aryl methyl sites for hydroxylation is 2. The van der Waals surface area contributed by atoms with Crippen LogP contribution in [-0.2, 0) is 13.5 Å². The van der Waals surface area contributed by atoms with Crippen LogP contribution in [-0.4, -0.2) is 16.1 Å². The van der Waals surface area contributed by atoms with Crippen molar-refractivity contribution in [3.05, 3.63) is 53.4 Å². The lowest BCUT2D eigenvalue weighted by molar-refractivity contribution is 0.525. The number of aromatic nitrogens is 2. The maximum atomic E-state index is 13.2. The third-order valence-electron chi connectivity index (χ3n) is 3.37. The minimum Gasteiger partial charge on any atom is -0.338 e. The Morgan fingerprint density at radius 3 is 2.79 bits per heavy atom. The average molecular weight is 261 g/mol. The fraction of sp³-hybridized carbons (Fsp3) is 0.400. The van der Waals surface area contributed by atoms with Gasteiger partial charge < -0.3 is 9.88 Å². The lowest BCUT2D eigenvalue weighted by Crippen LogP contribution is -2.25. The van der Waals surface area contributed by atoms with E-state index in [1.165, 1.54) is 6.07 Å². The fourth-order valence-electron chi connectivity index (χ4n) is 2.34. The fourth-order valence-corrected chi connectivity index (χ4v) is 2.34. The van der Waals surface area contributed by atoms with Crippen molar-refractivity contribution in [3.8, 4) is 0 Å². The highest BCUT2D eigenvalue weighted by Crippen LogP contribution is 2.22. The maximum Gasteiger partial charge on any atom is 0.123 e. The van der Waals surface area contributed by atoms with Gasteiger partial charge in [-0.05, 0) is 36.7 Å². The second-order valence-corrected chi connectivity index (χ2v) is 4.77. The SMILES string of the molecule is CCNC(Cc1nccn1C)c1ccc(F)cc1C. The molecule has 1 atom stereocenters. The molecule has 0 saturated carbocycles. The highest BCUT2D eigenvalue weighted by atomic mass is 19.1. The number of rotatable bonds is 5. The Labute approximate surface area is 113 Å². The van der Waals surface area contributed by atoms with Crippen molar-refractivity contribution < 1.29 is 4.39 Å². The number of likely N-dealkylation sites (N-methyl/N-ethyl adjacent to an activating group) is 1. The second-order valence-electron chi connectivity index (χ2n) is 4.77. The van der Waals surface area contributed by atoms with Crippen molar-refractivity contribution in [2.75, 3.05) is 6.54 Å². The van der Waals surface area contributed by atoms with E-state index in [1.54, 1.807) is 12.3 Å². The van der Waals surface area contributed by atoms with Crippen LogP contribution in [0, 0.1) is 12.7 Å². The van der Waals surface area contributed by atoms with Gasteiger partial charge in [-0.25, -0.2) is 9.37 Å². The van der Waals surface area contributed by atoms with Crippen LogP contribution in [0.15, 0.2) is 30.6 Å². The van der Waals surface area contributed by atoms with Gasteiger partial charge in [-0.2, -0.15) is 0 Å². The molecule has 2 aromatic rings. The minimum atomic E-state index is -0.187. The van der Waals surface area contributed by atoms with Crippen molar-refractivity contribution in [1.82, 2.24) is 14.9 Å². The van der Waals surface area contributed by atoms with Crippen LogP contribution >= 0.6 is 0 Å². The molecule has 0 aliphatic rings. The van der Waals surface area contributed by atoms with Crippen molar-refractivity contribution in [2.24, 2.45) is 7.05 Å². The van der Waals surface area contributed by atoms with E-state index in [4.69, 9.17) is 0 Å². The predicted molar refractivity (Wildman–Crippen MR) is 74.5 cm³/mol. The Bertz CT molecular complexity index is 548. The summed E-state index contributed by atoms with van der Waals surface area (Å²) in [4.78, 5) is 4.36. The number of imidazole rings is 1. The molecule has 1 N–H and O–H groups in total. The van der Waals surface area contributed by atoms with E-state index in [2.05, 4.69) is 17.2 Å². The van der Waals surface area contributed by atoms with Crippen LogP contribution < -0.4 is 5.32 Å². The largest absolute Gasteiger partial charge is 0.338 e. The molecule has 1 heterocycles. The molecule has 0 amide bonds. The summed E-state index contributed by atoms with van der Waals surface area (Å²) >= 11 is 0. The molecule has 2 rings (SSSR count). The summed E-state index contributed by atoms with van der Waals surface area (Å²) in [7, 11) is 1.99. The van der Waals surface area contributed by atoms with Gasteiger partial charge >= 0.3 is 0 Å². The quantitative estimate of drug-likeness (QED) is 0.897. The summed E-state index contributed by atoms with van der Waals surface area (Å²) in [5.74, 6) is 0.836. The van der Waals surface area contributed by atoms with Gasteiger partial charge in [0.05, 0.1) is 0 Å². The van der Waals surface area contributed by atoms with Crippen LogP contribution in [0.2, 0.25) is 0 Å². The van der Waals surface area contributed by atoms with Crippen LogP contribution in [0.4, 0.5) is 4.39 Å². The zero-order chi connectivity index (χ0) is 13.8. The summed E-state index contributed by atoms with van der Waals surface area (Å²) in [5.41, 5.74) is 2.10. The molecule has 19 heavy (non-hydrogen) atoms. The number of nitrogens with zero attached hydrogens (tertiary/aromatic N) is 2. The standard InChI is InChI=1S/C15H20FN3/c1-4-17-14(10-15-18-7-8-19(15)3)13-6-5-12(16)9-11(13)2/h5-9,14,17H,4,10H2,1-3H3. The van der Waals surface area contributed by atoms with E-state index in [0.29, 0.717) is 0 Å². The van der Waals surface area contributed by atoms with Crippen LogP contribution in [0.5, 0.6) is 0 Å². The number of halogens is 1. The van der Waals surface area contributed by atoms with Gasteiger partial charge in [-0.1, -0.05) is 13.0 Å². The van der Waals surface area contributed by atoms with E-state index in [0.717, 1.165) is 29.9 Å². The van der Waals surface area contributed by atoms with Crippen LogP contribution in [0.3, 0.4) is 0 Å². The molecule has 0 fully saturated rings. The smallest absolute Gasteiger partial charge is 0.123 e. The summed E-state index contributed by atoms with van der Waals surface area (Å²) in [6, 6.07) is 5.12. The molecule has 0 radical (unpaired) electrons. The molecule has 0 saturated heterocycles. The minimum absolute atomic E-state index is 0.159. The summed E-state index contributed by atoms with van der Waals surface area (Å²) < 4.78 is 15.2. The molecular weight excluding hydrogens is 241 g/mol. The van der Waals surface area contributed by atoms with Gasteiger partial charge in [0.2, 0.25) is 0 Å². The first-order valence-electron chi connectivity index (χ1n) is 6.57. The summed E-state index contributed by atoms with van der Waals surface area (Å²) in [5, 5.41) is 3.45. The molecular formula is C15H20FN3. The third kappa shape index (κ3) is 3.20. The molecule has 0 aliphatic carbocycles. The lowest BCUT2D eigenvalue weighted by Gasteiger charge is -2.20. The Kier molecular flexibility index (Phi) is 4.32. The maximum absolute atomic E-state index is 13.2. The third-order valence-corrected chi connectivity index (χ3v) is 3.37. The van der Waals surface area contributed by atoms with E-state index in [1.807, 2.05) is 30.8 Å². The molecule has 0 spiro atoms. The van der Waals surface area contributed by atoms with Gasteiger partial charge in [0.25, 0.3) is 0 Å². The van der Waals surface area contributed by atoms with Crippen molar-refractivity contribution >= 4 is 0 Å². The first-order valence-corrected chi connectivity index (χ1v) is 6.57. The van der Waals surface area contributed by atoms with Crippen LogP contribution in [0.25, 0.3) is 0 Å². The first kappa shape index (κ1) is 13.7. The summed E-state index contributed by atoms with van der Waals surface area (Å²) in [6.07, 6.45) is 4.54. The topological polar surface area (TPSA) is 29.9 Å². The van der Waals surface area contributed by atoms with Gasteiger partial charge in [0.15, 0.2) is 0 Å². The number of hydrogen-bond donors (Lipinski definition) is 1. The average Bonchev–Trinajstić information content (AvgIpc) is 2.75. The molecule has 1 unspecified atom stereocenters. The van der Waals surface area contributed by atoms with Gasteiger partial charge in [-0.3, -0.25) is 0 Å². The molecule has 1 aromatic heterocycles. The Morgan fingerprint density at radius 2 is 2.21 bits per heavy atom. The van der Waals surface area contributed by atoms with Crippen molar-refractivity contribution in [1.29, 1.82) is 0 Å². The summed E-state index contributed by atoms with van der Waals surface area (Å²) in [6.45, 7) is 4.89. The Balaban J connectivity index is 2.27. The molecule has 102 valence electrons. The van der Waals surface area contributed by atoms with Gasteiger partial charge in [0.1, 0.15) is 11.6 Å². The molecule has 1 aromatic carbocycles. The van der Waals surface area contributed by atoms with E-state index in [9.17, 15) is 4.39 Å². The zero-order valence-corrected chi connectivity index (χ0v) is 11.7. The second kappa shape index (κ2) is 5.97. The Morgan fingerprint density at radius 1 is 1.42 bits per heavy atom. The predicted octanol–water partition coefficient (Wildman–Crippen LogP) is 2.76. The van der Waals surface area contributed by atoms with E-state index >= 15 is 0 Å². The molecule has 0 aliphatic heterocycles. The van der Waals surface area contributed by atoms with Crippen molar-refractivity contribution in [2.45, 2.75) is 26.3 Å². The van der Waals surface area contributed by atoms with Crippen LogP contribution in [0.1, 0.15) is 29.9 Å². The number of hydrogen-bond acceptors (Lipinski definition) is 2. The highest BCUT2D eigenvalue weighted by Gasteiger charge is 2.16. The van der Waals surface area contributed by atoms with E-state index in [-0.39, 0.29) is 11.9 Å². The Hall–Kier alpha value is -1.68. The monoisotopic (exact) mass is 261 g/mol. The van der Waals surface area contributed by atoms with E-state index < -0.39 is 0 Å².